The second-order valence-electron chi connectivity index (χ2n) is 6.32. The van der Waals surface area contributed by atoms with Gasteiger partial charge in [0.1, 0.15) is 11.8 Å². The molecule has 0 fully saturated rings. The van der Waals surface area contributed by atoms with Crippen LogP contribution in [0.3, 0.4) is 0 Å². The lowest BCUT2D eigenvalue weighted by molar-refractivity contribution is -0.119. The van der Waals surface area contributed by atoms with E-state index in [9.17, 15) is 9.59 Å². The minimum absolute atomic E-state index is 0. The highest BCUT2D eigenvalue weighted by molar-refractivity contribution is 5.86. The number of nitrogens with two attached hydrogens (primary N) is 1. The number of Topliss-reactive ketones (excluding diaryl/α,β-unsaturated/α-hetero) is 2. The van der Waals surface area contributed by atoms with E-state index in [0.717, 1.165) is 44.1 Å². The number of nitrogens with zero attached hydrogens (tertiary/aromatic N) is 1. The topological polar surface area (TPSA) is 72.5 Å². The van der Waals surface area contributed by atoms with Gasteiger partial charge < -0.3 is 5.73 Å². The van der Waals surface area contributed by atoms with Crippen LogP contribution in [-0.2, 0) is 9.59 Å². The fraction of sp³-hybridized carbons (Fsp3) is 0.571. The van der Waals surface area contributed by atoms with Gasteiger partial charge in [0.05, 0.1) is 6.04 Å². The predicted molar refractivity (Wildman–Crippen MR) is 113 cm³/mol. The van der Waals surface area contributed by atoms with Crippen molar-refractivity contribution in [2.75, 3.05) is 0 Å². The van der Waals surface area contributed by atoms with E-state index in [4.69, 9.17) is 5.73 Å². The smallest absolute Gasteiger partial charge is 0.154 e. The van der Waals surface area contributed by atoms with E-state index in [-0.39, 0.29) is 36.1 Å². The van der Waals surface area contributed by atoms with Gasteiger partial charge in [0, 0.05) is 6.21 Å². The summed E-state index contributed by atoms with van der Waals surface area (Å²) in [6, 6.07) is 9.50. The first-order valence-electron chi connectivity index (χ1n) is 9.27. The maximum atomic E-state index is 11.4. The van der Waals surface area contributed by atoms with Crippen LogP contribution in [0, 0.1) is 0 Å². The summed E-state index contributed by atoms with van der Waals surface area (Å²) in [4.78, 5) is 26.2. The molecule has 1 rings (SSSR count). The Balaban J connectivity index is 0. The van der Waals surface area contributed by atoms with E-state index >= 15 is 0 Å². The number of aliphatic imine (C=N–C) groups is 1. The van der Waals surface area contributed by atoms with Crippen LogP contribution in [0.2, 0.25) is 0 Å². The normalized spacial score (nSPS) is 12.5. The van der Waals surface area contributed by atoms with Crippen molar-refractivity contribution in [2.45, 2.75) is 78.3 Å². The van der Waals surface area contributed by atoms with Crippen LogP contribution >= 0.6 is 12.4 Å². The van der Waals surface area contributed by atoms with Gasteiger partial charge in [-0.05, 0) is 32.3 Å². The molecule has 0 bridgehead atoms. The third kappa shape index (κ3) is 13.7. The van der Waals surface area contributed by atoms with Gasteiger partial charge in [-0.25, -0.2) is 0 Å². The lowest BCUT2D eigenvalue weighted by Gasteiger charge is -2.07. The van der Waals surface area contributed by atoms with Crippen LogP contribution in [0.15, 0.2) is 35.3 Å². The minimum Gasteiger partial charge on any atom is -0.322 e. The van der Waals surface area contributed by atoms with E-state index in [1.54, 1.807) is 20.1 Å². The first-order chi connectivity index (χ1) is 11.9. The molecular formula is C21H35ClN2O2. The molecule has 0 aliphatic heterocycles. The second kappa shape index (κ2) is 16.9. The first kappa shape index (κ1) is 26.7. The van der Waals surface area contributed by atoms with Crippen LogP contribution in [0.4, 0.5) is 0 Å². The lowest BCUT2D eigenvalue weighted by Crippen LogP contribution is -2.27. The summed E-state index contributed by atoms with van der Waals surface area (Å²) in [6.07, 6.45) is 7.81. The minimum atomic E-state index is -0.218. The summed E-state index contributed by atoms with van der Waals surface area (Å²) in [6.45, 7) is 7.37. The number of carbonyl (C=O) groups is 2. The fourth-order valence-corrected chi connectivity index (χ4v) is 2.12. The quantitative estimate of drug-likeness (QED) is 0.592. The Labute approximate surface area is 165 Å². The Bertz CT molecular complexity index is 518. The van der Waals surface area contributed by atoms with Crippen molar-refractivity contribution in [1.29, 1.82) is 0 Å². The van der Waals surface area contributed by atoms with Crippen LogP contribution in [0.25, 0.3) is 0 Å². The lowest BCUT2D eigenvalue weighted by atomic mass is 10.1. The zero-order chi connectivity index (χ0) is 19.1. The van der Waals surface area contributed by atoms with Gasteiger partial charge in [0.25, 0.3) is 0 Å². The molecule has 2 unspecified atom stereocenters. The van der Waals surface area contributed by atoms with E-state index in [0.29, 0.717) is 0 Å². The number of benzene rings is 1. The molecule has 0 heterocycles. The van der Waals surface area contributed by atoms with Gasteiger partial charge >= 0.3 is 0 Å². The van der Waals surface area contributed by atoms with E-state index in [1.807, 2.05) is 30.3 Å². The molecule has 26 heavy (non-hydrogen) atoms. The number of ketones is 2. The number of hydrogen-bond acceptors (Lipinski definition) is 4. The molecule has 0 radical (unpaired) electrons. The van der Waals surface area contributed by atoms with Crippen molar-refractivity contribution < 1.29 is 9.59 Å². The largest absolute Gasteiger partial charge is 0.322 e. The number of rotatable bonds is 10. The molecule has 0 saturated heterocycles. The van der Waals surface area contributed by atoms with E-state index in [1.165, 1.54) is 0 Å². The second-order valence-corrected chi connectivity index (χ2v) is 6.32. The fourth-order valence-electron chi connectivity index (χ4n) is 2.12. The average Bonchev–Trinajstić information content (AvgIpc) is 2.60. The van der Waals surface area contributed by atoms with Gasteiger partial charge in [-0.15, -0.1) is 12.4 Å². The van der Waals surface area contributed by atoms with Crippen molar-refractivity contribution in [2.24, 2.45) is 10.7 Å². The van der Waals surface area contributed by atoms with Crippen molar-refractivity contribution in [3.8, 4) is 0 Å². The Morgan fingerprint density at radius 1 is 1.00 bits per heavy atom. The van der Waals surface area contributed by atoms with Gasteiger partial charge in [0.15, 0.2) is 5.78 Å². The zero-order valence-corrected chi connectivity index (χ0v) is 17.4. The molecule has 0 amide bonds. The maximum absolute atomic E-state index is 11.4. The molecule has 5 heteroatoms. The highest BCUT2D eigenvalue weighted by Crippen LogP contribution is 2.06. The van der Waals surface area contributed by atoms with Gasteiger partial charge in [-0.3, -0.25) is 14.6 Å². The Morgan fingerprint density at radius 3 is 2.00 bits per heavy atom. The maximum Gasteiger partial charge on any atom is 0.154 e. The molecule has 0 aliphatic carbocycles. The van der Waals surface area contributed by atoms with Gasteiger partial charge in [-0.2, -0.15) is 0 Å². The Kier molecular flexibility index (Phi) is 17.4. The molecule has 2 atom stereocenters. The Morgan fingerprint density at radius 2 is 1.54 bits per heavy atom. The van der Waals surface area contributed by atoms with Crippen molar-refractivity contribution in [1.82, 2.24) is 0 Å². The predicted octanol–water partition coefficient (Wildman–Crippen LogP) is 4.77. The van der Waals surface area contributed by atoms with Crippen molar-refractivity contribution >= 4 is 30.2 Å². The van der Waals surface area contributed by atoms with E-state index in [2.05, 4.69) is 18.8 Å². The molecule has 0 aliphatic rings. The average molecular weight is 383 g/mol. The molecule has 0 aromatic heterocycles. The highest BCUT2D eigenvalue weighted by Gasteiger charge is 2.10. The molecule has 4 nitrogen and oxygen atoms in total. The number of hydrogen-bond donors (Lipinski definition) is 1. The molecule has 2 N–H and O–H groups in total. The van der Waals surface area contributed by atoms with Crippen LogP contribution in [-0.4, -0.2) is 29.9 Å². The molecular weight excluding hydrogens is 348 g/mol. The third-order valence-electron chi connectivity index (χ3n) is 3.89. The summed E-state index contributed by atoms with van der Waals surface area (Å²) in [5, 5.41) is 0. The summed E-state index contributed by atoms with van der Waals surface area (Å²) in [5.74, 6) is 0.254. The summed E-state index contributed by atoms with van der Waals surface area (Å²) >= 11 is 0. The Hall–Kier alpha value is -1.52. The third-order valence-corrected chi connectivity index (χ3v) is 3.89. The number of unbranched alkanes of at least 4 members (excludes halogenated alkanes) is 2. The SMILES string of the molecule is CCCCC(N)C(C)=O.CCCCC(N=Cc1ccccc1)C(C)=O.Cl. The molecule has 1 aromatic carbocycles. The molecule has 0 spiro atoms. The van der Waals surface area contributed by atoms with E-state index < -0.39 is 0 Å². The number of carbonyl (C=O) groups excluding carboxylic acids is 2. The van der Waals surface area contributed by atoms with Gasteiger partial charge in [0.2, 0.25) is 0 Å². The monoisotopic (exact) mass is 382 g/mol. The van der Waals surface area contributed by atoms with Crippen molar-refractivity contribution in [3.63, 3.8) is 0 Å². The molecule has 0 saturated carbocycles. The molecule has 148 valence electrons. The van der Waals surface area contributed by atoms with Crippen LogP contribution in [0.1, 0.15) is 71.8 Å². The summed E-state index contributed by atoms with van der Waals surface area (Å²) in [7, 11) is 0. The summed E-state index contributed by atoms with van der Waals surface area (Å²) in [5.41, 5.74) is 6.50. The number of halogens is 1. The van der Waals surface area contributed by atoms with Crippen LogP contribution < -0.4 is 5.73 Å². The first-order valence-corrected chi connectivity index (χ1v) is 9.27. The van der Waals surface area contributed by atoms with Gasteiger partial charge in [-0.1, -0.05) is 69.9 Å². The van der Waals surface area contributed by atoms with Crippen molar-refractivity contribution in [3.05, 3.63) is 35.9 Å². The molecule has 1 aromatic rings. The standard InChI is InChI=1S/C14H19NO.C7H15NO.ClH/c1-3-4-10-14(12(2)16)15-11-13-8-6-5-7-9-13;1-3-4-5-7(8)6(2)9;/h5-9,11,14H,3-4,10H2,1-2H3;7H,3-5,8H2,1-2H3;1H. The van der Waals surface area contributed by atoms with Crippen LogP contribution in [0.5, 0.6) is 0 Å². The zero-order valence-electron chi connectivity index (χ0n) is 16.6. The summed E-state index contributed by atoms with van der Waals surface area (Å²) < 4.78 is 0. The highest BCUT2D eigenvalue weighted by atomic mass is 35.5.